The Hall–Kier alpha value is -2.00. The van der Waals surface area contributed by atoms with Gasteiger partial charge in [-0.25, -0.2) is 0 Å². The molecule has 2 rings (SSSR count). The van der Waals surface area contributed by atoms with E-state index in [-0.39, 0.29) is 13.2 Å². The zero-order valence-electron chi connectivity index (χ0n) is 14.5. The van der Waals surface area contributed by atoms with E-state index in [2.05, 4.69) is 25.3 Å². The predicted molar refractivity (Wildman–Crippen MR) is 110 cm³/mol. The molecule has 2 unspecified atom stereocenters. The fraction of sp³-hybridized carbons (Fsp3) is 0.263. The van der Waals surface area contributed by atoms with Gasteiger partial charge in [-0.1, -0.05) is 60.7 Å². The minimum absolute atomic E-state index is 0.0938. The molecule has 2 aromatic carbocycles. The number of rotatable bonds is 6. The summed E-state index contributed by atoms with van der Waals surface area (Å²) in [6.45, 7) is 0.188. The maximum absolute atomic E-state index is 10.4. The normalized spacial score (nSPS) is 11.7. The Balaban J connectivity index is 0.000000405. The van der Waals surface area contributed by atoms with Gasteiger partial charge >= 0.3 is 11.9 Å². The molecule has 4 N–H and O–H groups in total. The van der Waals surface area contributed by atoms with Crippen molar-refractivity contribution in [2.75, 3.05) is 13.2 Å². The van der Waals surface area contributed by atoms with Crippen LogP contribution in [0, 0.1) is 0 Å². The first-order chi connectivity index (χ1) is 12.8. The molecule has 0 aliphatic rings. The Kier molecular flexibility index (Phi) is 14.0. The summed E-state index contributed by atoms with van der Waals surface area (Å²) in [7, 11) is 0. The van der Waals surface area contributed by atoms with Crippen molar-refractivity contribution in [3.8, 4) is 0 Å². The predicted octanol–water partition coefficient (Wildman–Crippen LogP) is 2.85. The van der Waals surface area contributed by atoms with Crippen LogP contribution >= 0.6 is 25.3 Å². The highest BCUT2D eigenvalue weighted by molar-refractivity contribution is 7.81. The molecule has 0 saturated heterocycles. The van der Waals surface area contributed by atoms with Crippen LogP contribution in [0.3, 0.4) is 0 Å². The Bertz CT molecular complexity index is 594. The van der Waals surface area contributed by atoms with Crippen molar-refractivity contribution in [1.29, 1.82) is 0 Å². The van der Waals surface area contributed by atoms with E-state index in [1.807, 2.05) is 12.1 Å². The molecule has 2 atom stereocenters. The van der Waals surface area contributed by atoms with Crippen molar-refractivity contribution in [1.82, 2.24) is 0 Å². The lowest BCUT2D eigenvalue weighted by Gasteiger charge is -2.03. The van der Waals surface area contributed by atoms with Crippen LogP contribution in [0.1, 0.15) is 28.0 Å². The van der Waals surface area contributed by atoms with Crippen LogP contribution in [-0.2, 0) is 9.59 Å². The highest BCUT2D eigenvalue weighted by Gasteiger charge is 2.13. The van der Waals surface area contributed by atoms with Gasteiger partial charge < -0.3 is 20.4 Å². The van der Waals surface area contributed by atoms with Crippen molar-refractivity contribution in [2.24, 2.45) is 0 Å². The maximum Gasteiger partial charge on any atom is 0.320 e. The number of aliphatic hydroxyl groups excluding tert-OH is 2. The highest BCUT2D eigenvalue weighted by atomic mass is 32.1. The van der Waals surface area contributed by atoms with Gasteiger partial charge in [-0.05, 0) is 17.5 Å². The van der Waals surface area contributed by atoms with Gasteiger partial charge in [0, 0.05) is 13.2 Å². The summed E-state index contributed by atoms with van der Waals surface area (Å²) >= 11 is 7.83. The van der Waals surface area contributed by atoms with Crippen LogP contribution in [0.4, 0.5) is 0 Å². The van der Waals surface area contributed by atoms with E-state index in [4.69, 9.17) is 20.4 Å². The Morgan fingerprint density at radius 2 is 1.00 bits per heavy atom. The van der Waals surface area contributed by atoms with Gasteiger partial charge in [-0.3, -0.25) is 9.59 Å². The average molecular weight is 413 g/mol. The van der Waals surface area contributed by atoms with Crippen molar-refractivity contribution in [2.45, 2.75) is 16.9 Å². The molecule has 0 fully saturated rings. The van der Waals surface area contributed by atoms with Crippen LogP contribution in [0.2, 0.25) is 0 Å². The number of carboxylic acids is 2. The zero-order valence-corrected chi connectivity index (χ0v) is 16.3. The van der Waals surface area contributed by atoms with Gasteiger partial charge in [0.05, 0.1) is 0 Å². The van der Waals surface area contributed by atoms with E-state index < -0.39 is 22.4 Å². The number of carbonyl (C=O) groups is 2. The van der Waals surface area contributed by atoms with E-state index in [1.165, 1.54) is 0 Å². The maximum atomic E-state index is 10.4. The highest BCUT2D eigenvalue weighted by Crippen LogP contribution is 2.19. The third kappa shape index (κ3) is 11.3. The van der Waals surface area contributed by atoms with Gasteiger partial charge in [-0.2, -0.15) is 25.3 Å². The molecule has 0 aliphatic heterocycles. The molecule has 0 aliphatic carbocycles. The molecule has 148 valence electrons. The Morgan fingerprint density at radius 3 is 1.19 bits per heavy atom. The molecule has 8 heteroatoms. The van der Waals surface area contributed by atoms with Gasteiger partial charge in [0.2, 0.25) is 0 Å². The van der Waals surface area contributed by atoms with Crippen molar-refractivity contribution in [3.63, 3.8) is 0 Å². The fourth-order valence-corrected chi connectivity index (χ4v) is 1.97. The van der Waals surface area contributed by atoms with Crippen molar-refractivity contribution in [3.05, 3.63) is 71.8 Å². The monoisotopic (exact) mass is 412 g/mol. The molecular weight excluding hydrogens is 388 g/mol. The molecule has 2 aromatic rings. The topological polar surface area (TPSA) is 115 Å². The molecule has 0 saturated carbocycles. The van der Waals surface area contributed by atoms with Crippen LogP contribution < -0.4 is 0 Å². The smallest absolute Gasteiger partial charge is 0.320 e. The van der Waals surface area contributed by atoms with Gasteiger partial charge in [0.1, 0.15) is 10.5 Å². The first kappa shape index (κ1) is 25.0. The first-order valence-electron chi connectivity index (χ1n) is 7.98. The number of aliphatic hydroxyl groups is 2. The lowest BCUT2D eigenvalue weighted by atomic mass is 10.1. The number of carboxylic acid groups (broad SMARTS) is 2. The van der Waals surface area contributed by atoms with Crippen LogP contribution in [-0.4, -0.2) is 45.6 Å². The van der Waals surface area contributed by atoms with Crippen LogP contribution in [0.25, 0.3) is 0 Å². The van der Waals surface area contributed by atoms with E-state index >= 15 is 0 Å². The molecule has 0 bridgehead atoms. The summed E-state index contributed by atoms with van der Waals surface area (Å²) in [6, 6.07) is 17.8. The summed E-state index contributed by atoms with van der Waals surface area (Å²) in [5.74, 6) is -1.83. The minimum atomic E-state index is -0.917. The van der Waals surface area contributed by atoms with E-state index in [9.17, 15) is 9.59 Å². The van der Waals surface area contributed by atoms with Gasteiger partial charge in [-0.15, -0.1) is 0 Å². The quantitative estimate of drug-likeness (QED) is 0.407. The fourth-order valence-electron chi connectivity index (χ4n) is 1.63. The second-order valence-corrected chi connectivity index (χ2v) is 6.14. The molecular formula is C19H24O6S2. The number of thiol groups is 2. The zero-order chi connectivity index (χ0) is 20.7. The van der Waals surface area contributed by atoms with E-state index in [0.29, 0.717) is 17.5 Å². The summed E-state index contributed by atoms with van der Waals surface area (Å²) in [5, 5.41) is 31.5. The number of aliphatic carboxylic acids is 2. The van der Waals surface area contributed by atoms with Crippen LogP contribution in [0.15, 0.2) is 60.7 Å². The van der Waals surface area contributed by atoms with Gasteiger partial charge in [0.15, 0.2) is 0 Å². The summed E-state index contributed by atoms with van der Waals surface area (Å²) in [4.78, 5) is 20.8. The number of benzene rings is 2. The molecule has 0 aromatic heterocycles. The molecule has 27 heavy (non-hydrogen) atoms. The van der Waals surface area contributed by atoms with Crippen LogP contribution in [0.5, 0.6) is 0 Å². The Labute approximate surface area is 169 Å². The lowest BCUT2D eigenvalue weighted by molar-refractivity contribution is -0.137. The van der Waals surface area contributed by atoms with Crippen molar-refractivity contribution >= 4 is 37.2 Å². The molecule has 6 nitrogen and oxygen atoms in total. The van der Waals surface area contributed by atoms with E-state index in [0.717, 1.165) is 0 Å². The van der Waals surface area contributed by atoms with Gasteiger partial charge in [0.25, 0.3) is 0 Å². The second-order valence-electron chi connectivity index (χ2n) is 5.10. The third-order valence-electron chi connectivity index (χ3n) is 3.01. The molecule has 0 amide bonds. The molecule has 0 heterocycles. The Morgan fingerprint density at radius 1 is 0.704 bits per heavy atom. The average Bonchev–Trinajstić information content (AvgIpc) is 2.69. The molecule has 0 spiro atoms. The van der Waals surface area contributed by atoms with Crippen molar-refractivity contribution < 1.29 is 30.0 Å². The summed E-state index contributed by atoms with van der Waals surface area (Å²) < 4.78 is 0. The second kappa shape index (κ2) is 15.1. The molecule has 0 radical (unpaired) electrons. The lowest BCUT2D eigenvalue weighted by Crippen LogP contribution is -2.04. The number of hydrogen-bond donors (Lipinski definition) is 6. The summed E-state index contributed by atoms with van der Waals surface area (Å²) in [6.07, 6.45) is 0.500. The number of hydrogen-bond acceptors (Lipinski definition) is 6. The summed E-state index contributed by atoms with van der Waals surface area (Å²) in [5.41, 5.74) is 1.42. The minimum Gasteiger partial charge on any atom is -0.480 e. The standard InChI is InChI=1S/2C8H8O2S.C3H8O2/c2*9-8(10)7(11)6-4-2-1-3-5-6;4-2-1-3-5/h2*1-5,7,11H,(H,9,10);4-5H,1-3H2. The third-order valence-corrected chi connectivity index (χ3v) is 4.05. The first-order valence-corrected chi connectivity index (χ1v) is 9.01. The van der Waals surface area contributed by atoms with E-state index in [1.54, 1.807) is 48.5 Å². The largest absolute Gasteiger partial charge is 0.480 e. The SMILES string of the molecule is O=C(O)C(S)c1ccccc1.O=C(O)C(S)c1ccccc1.OCCCO.